The Hall–Kier alpha value is 0.206. The van der Waals surface area contributed by atoms with Gasteiger partial charge in [0.2, 0.25) is 0 Å². The minimum atomic E-state index is -1.41. The zero-order valence-corrected chi connectivity index (χ0v) is 7.11. The van der Waals surface area contributed by atoms with Gasteiger partial charge in [-0.2, -0.15) is 0 Å². The van der Waals surface area contributed by atoms with Crippen molar-refractivity contribution in [3.05, 3.63) is 30.3 Å². The van der Waals surface area contributed by atoms with Gasteiger partial charge >= 0.3 is 20.9 Å². The molecule has 46 valence electrons. The van der Waals surface area contributed by atoms with E-state index < -0.39 is 20.9 Å². The standard InChI is InChI=1S/C6H5.ClH.FH.Mg/c1-2-4-6-5-3-1;;;/h1-5H;2*1H;/q;;;+1/p-1. The second-order valence-electron chi connectivity index (χ2n) is 1.62. The van der Waals surface area contributed by atoms with Crippen LogP contribution in [0.2, 0.25) is 0 Å². The van der Waals surface area contributed by atoms with Gasteiger partial charge in [-0.15, -0.1) is 16.1 Å². The summed E-state index contributed by atoms with van der Waals surface area (Å²) in [7, 11) is 0. The molecule has 0 aliphatic carbocycles. The second kappa shape index (κ2) is 5.03. The third kappa shape index (κ3) is 3.03. The summed E-state index contributed by atoms with van der Waals surface area (Å²) in [6, 6.07) is 9.27. The lowest BCUT2D eigenvalue weighted by atomic mass is 10.4. The minimum Gasteiger partial charge on any atom is -0.475 e. The molecular formula is C6H6ClFMg. The van der Waals surface area contributed by atoms with Crippen LogP contribution in [0.15, 0.2) is 30.3 Å². The largest absolute Gasteiger partial charge is 0.652 e. The molecule has 0 atom stereocenters. The third-order valence-corrected chi connectivity index (χ3v) is 1.78. The molecule has 0 radical (unpaired) electrons. The molecule has 0 spiro atoms. The lowest BCUT2D eigenvalue weighted by Crippen LogP contribution is -2.06. The zero-order chi connectivity index (χ0) is 5.82. The Labute approximate surface area is 70.3 Å². The van der Waals surface area contributed by atoms with Crippen LogP contribution in [0.25, 0.3) is 0 Å². The summed E-state index contributed by atoms with van der Waals surface area (Å²) in [4.78, 5) is 0. The molecule has 3 heteroatoms. The summed E-state index contributed by atoms with van der Waals surface area (Å²) in [5, 5.41) is 0. The summed E-state index contributed by atoms with van der Waals surface area (Å²) in [6.07, 6.45) is 0. The van der Waals surface area contributed by atoms with Crippen LogP contribution in [-0.2, 0) is 0 Å². The van der Waals surface area contributed by atoms with Crippen molar-refractivity contribution in [3.8, 4) is 0 Å². The van der Waals surface area contributed by atoms with E-state index in [1.807, 2.05) is 30.3 Å². The van der Waals surface area contributed by atoms with Crippen molar-refractivity contribution < 1.29 is 2.96 Å². The van der Waals surface area contributed by atoms with Gasteiger partial charge in [0.05, 0.1) is 0 Å². The fourth-order valence-electron chi connectivity index (χ4n) is 0.567. The Morgan fingerprint density at radius 1 is 1.11 bits per heavy atom. The topological polar surface area (TPSA) is 0 Å². The average molecular weight is 157 g/mol. The Morgan fingerprint density at radius 2 is 1.67 bits per heavy atom. The van der Waals surface area contributed by atoms with Crippen LogP contribution in [0.3, 0.4) is 0 Å². The normalized spacial score (nSPS) is 7.22. The monoisotopic (exact) mass is 156 g/mol. The van der Waals surface area contributed by atoms with Crippen LogP contribution >= 0.6 is 12.4 Å². The van der Waals surface area contributed by atoms with Gasteiger partial charge in [0.15, 0.2) is 0 Å². The minimum absolute atomic E-state index is 0. The van der Waals surface area contributed by atoms with Gasteiger partial charge in [-0.3, -0.25) is 0 Å². The van der Waals surface area contributed by atoms with E-state index in [1.54, 1.807) is 0 Å². The van der Waals surface area contributed by atoms with E-state index in [2.05, 4.69) is 0 Å². The molecule has 0 heterocycles. The molecular weight excluding hydrogens is 151 g/mol. The first-order valence-electron chi connectivity index (χ1n) is 2.53. The van der Waals surface area contributed by atoms with Crippen LogP contribution in [0.4, 0.5) is 2.96 Å². The van der Waals surface area contributed by atoms with Crippen molar-refractivity contribution in [2.45, 2.75) is 0 Å². The first-order valence-corrected chi connectivity index (χ1v) is 3.77. The maximum Gasteiger partial charge on any atom is 0.652 e. The SMILES string of the molecule is Cl.[F][Mg][c]1ccccc1. The molecule has 0 nitrogen and oxygen atoms in total. The molecule has 9 heavy (non-hydrogen) atoms. The van der Waals surface area contributed by atoms with Crippen molar-refractivity contribution in [1.29, 1.82) is 0 Å². The van der Waals surface area contributed by atoms with Crippen LogP contribution in [-0.4, -0.2) is 20.9 Å². The van der Waals surface area contributed by atoms with E-state index in [4.69, 9.17) is 0 Å². The number of hydrogen-bond acceptors (Lipinski definition) is 0. The second-order valence-corrected chi connectivity index (χ2v) is 2.70. The molecule has 0 unspecified atom stereocenters. The highest BCUT2D eigenvalue weighted by molar-refractivity contribution is 6.46. The Balaban J connectivity index is 0.000000640. The number of benzene rings is 1. The van der Waals surface area contributed by atoms with E-state index in [0.717, 1.165) is 3.69 Å². The molecule has 0 aliphatic rings. The van der Waals surface area contributed by atoms with Crippen molar-refractivity contribution in [2.75, 3.05) is 0 Å². The molecule has 1 aromatic carbocycles. The lowest BCUT2D eigenvalue weighted by molar-refractivity contribution is 0.885. The van der Waals surface area contributed by atoms with Gasteiger partial charge in [-0.05, 0) is 0 Å². The van der Waals surface area contributed by atoms with Crippen molar-refractivity contribution >= 4 is 37.0 Å². The Bertz CT molecular complexity index is 154. The predicted octanol–water partition coefficient (Wildman–Crippen LogP) is 1.32. The molecule has 1 aromatic rings. The molecule has 0 aromatic heterocycles. The first kappa shape index (κ1) is 9.21. The smallest absolute Gasteiger partial charge is 0.475 e. The van der Waals surface area contributed by atoms with Gasteiger partial charge in [0.25, 0.3) is 0 Å². The van der Waals surface area contributed by atoms with Gasteiger partial charge < -0.3 is 2.96 Å². The maximum absolute atomic E-state index is 11.9. The van der Waals surface area contributed by atoms with E-state index in [9.17, 15) is 2.96 Å². The van der Waals surface area contributed by atoms with Gasteiger partial charge in [-0.25, -0.2) is 0 Å². The molecule has 0 fully saturated rings. The summed E-state index contributed by atoms with van der Waals surface area (Å²) < 4.78 is 12.7. The number of halogens is 2. The highest BCUT2D eigenvalue weighted by atomic mass is 35.5. The molecule has 0 amide bonds. The molecule has 0 saturated heterocycles. The molecule has 0 N–H and O–H groups in total. The van der Waals surface area contributed by atoms with Crippen molar-refractivity contribution in [3.63, 3.8) is 0 Å². The lowest BCUT2D eigenvalue weighted by Gasteiger charge is -1.86. The van der Waals surface area contributed by atoms with Crippen LogP contribution < -0.4 is 3.69 Å². The van der Waals surface area contributed by atoms with E-state index in [0.29, 0.717) is 0 Å². The Morgan fingerprint density at radius 3 is 2.00 bits per heavy atom. The highest BCUT2D eigenvalue weighted by Crippen LogP contribution is 1.79. The molecule has 1 rings (SSSR count). The molecule has 0 aliphatic heterocycles. The van der Waals surface area contributed by atoms with Gasteiger partial charge in [0, 0.05) is 0 Å². The van der Waals surface area contributed by atoms with E-state index in [-0.39, 0.29) is 12.4 Å². The fourth-order valence-corrected chi connectivity index (χ4v) is 1.02. The Kier molecular flexibility index (Phi) is 5.14. The quantitative estimate of drug-likeness (QED) is 0.539. The predicted molar refractivity (Wildman–Crippen MR) is 40.2 cm³/mol. The van der Waals surface area contributed by atoms with Crippen LogP contribution in [0.5, 0.6) is 0 Å². The van der Waals surface area contributed by atoms with Crippen LogP contribution in [0, 0.1) is 0 Å². The zero-order valence-electron chi connectivity index (χ0n) is 4.88. The summed E-state index contributed by atoms with van der Waals surface area (Å²) >= 11 is -1.41. The first-order chi connectivity index (χ1) is 3.93. The van der Waals surface area contributed by atoms with Gasteiger partial charge in [-0.1, -0.05) is 30.3 Å². The number of rotatable bonds is 1. The summed E-state index contributed by atoms with van der Waals surface area (Å²) in [6.45, 7) is 0. The van der Waals surface area contributed by atoms with E-state index >= 15 is 0 Å². The summed E-state index contributed by atoms with van der Waals surface area (Å²) in [5.41, 5.74) is 0. The molecule has 0 bridgehead atoms. The number of hydrogen-bond donors (Lipinski definition) is 0. The average Bonchev–Trinajstić information content (AvgIpc) is 1.90. The van der Waals surface area contributed by atoms with Crippen molar-refractivity contribution in [1.82, 2.24) is 0 Å². The molecule has 0 saturated carbocycles. The van der Waals surface area contributed by atoms with Crippen LogP contribution in [0.1, 0.15) is 0 Å². The summed E-state index contributed by atoms with van der Waals surface area (Å²) in [5.74, 6) is 0. The van der Waals surface area contributed by atoms with Gasteiger partial charge in [0.1, 0.15) is 0 Å². The third-order valence-electron chi connectivity index (χ3n) is 0.997. The van der Waals surface area contributed by atoms with E-state index in [1.165, 1.54) is 0 Å². The van der Waals surface area contributed by atoms with Crippen molar-refractivity contribution in [2.24, 2.45) is 0 Å². The maximum atomic E-state index is 11.9. The fraction of sp³-hybridized carbons (Fsp3) is 0. The highest BCUT2D eigenvalue weighted by Gasteiger charge is 1.93.